The SMILES string of the molecule is CC(C)(C)NC(=O)COC(=O)COc1ccc(C(=O)c2ccccc2)cc1. The van der Waals surface area contributed by atoms with Gasteiger partial charge in [-0.3, -0.25) is 9.59 Å². The van der Waals surface area contributed by atoms with Crippen LogP contribution in [0.2, 0.25) is 0 Å². The van der Waals surface area contributed by atoms with E-state index in [0.29, 0.717) is 16.9 Å². The Kier molecular flexibility index (Phi) is 6.71. The van der Waals surface area contributed by atoms with E-state index in [4.69, 9.17) is 9.47 Å². The Morgan fingerprint density at radius 3 is 2.04 bits per heavy atom. The molecule has 1 amide bonds. The van der Waals surface area contributed by atoms with Gasteiger partial charge in [0.25, 0.3) is 5.91 Å². The van der Waals surface area contributed by atoms with Gasteiger partial charge in [-0.05, 0) is 45.0 Å². The van der Waals surface area contributed by atoms with Crippen molar-refractivity contribution in [1.82, 2.24) is 5.32 Å². The highest BCUT2D eigenvalue weighted by molar-refractivity contribution is 6.08. The summed E-state index contributed by atoms with van der Waals surface area (Å²) in [7, 11) is 0. The van der Waals surface area contributed by atoms with Crippen LogP contribution in [0.5, 0.6) is 5.75 Å². The Morgan fingerprint density at radius 1 is 0.852 bits per heavy atom. The molecule has 0 aromatic heterocycles. The summed E-state index contributed by atoms with van der Waals surface area (Å²) in [5, 5.41) is 2.69. The molecule has 0 bridgehead atoms. The van der Waals surface area contributed by atoms with Crippen molar-refractivity contribution < 1.29 is 23.9 Å². The zero-order valence-corrected chi connectivity index (χ0v) is 15.7. The van der Waals surface area contributed by atoms with Gasteiger partial charge in [-0.25, -0.2) is 4.79 Å². The average Bonchev–Trinajstić information content (AvgIpc) is 2.64. The zero-order valence-electron chi connectivity index (χ0n) is 15.7. The normalized spacial score (nSPS) is 10.8. The number of nitrogens with one attached hydrogen (secondary N) is 1. The molecule has 0 aliphatic carbocycles. The molecule has 0 aliphatic heterocycles. The van der Waals surface area contributed by atoms with Gasteiger partial charge in [0.1, 0.15) is 5.75 Å². The maximum Gasteiger partial charge on any atom is 0.344 e. The van der Waals surface area contributed by atoms with E-state index >= 15 is 0 Å². The van der Waals surface area contributed by atoms with Crippen molar-refractivity contribution in [3.8, 4) is 5.75 Å². The molecule has 2 rings (SSSR count). The number of esters is 1. The van der Waals surface area contributed by atoms with Gasteiger partial charge in [0, 0.05) is 16.7 Å². The van der Waals surface area contributed by atoms with Crippen molar-refractivity contribution in [1.29, 1.82) is 0 Å². The summed E-state index contributed by atoms with van der Waals surface area (Å²) >= 11 is 0. The van der Waals surface area contributed by atoms with Gasteiger partial charge < -0.3 is 14.8 Å². The molecule has 2 aromatic carbocycles. The summed E-state index contributed by atoms with van der Waals surface area (Å²) in [6, 6.07) is 15.4. The monoisotopic (exact) mass is 369 g/mol. The van der Waals surface area contributed by atoms with E-state index in [0.717, 1.165) is 0 Å². The van der Waals surface area contributed by atoms with Crippen molar-refractivity contribution >= 4 is 17.7 Å². The lowest BCUT2D eigenvalue weighted by atomic mass is 10.0. The van der Waals surface area contributed by atoms with Gasteiger partial charge in [-0.1, -0.05) is 30.3 Å². The molecule has 0 heterocycles. The smallest absolute Gasteiger partial charge is 0.344 e. The number of hydrogen-bond acceptors (Lipinski definition) is 5. The molecule has 0 spiro atoms. The highest BCUT2D eigenvalue weighted by Gasteiger charge is 2.15. The van der Waals surface area contributed by atoms with E-state index in [1.54, 1.807) is 48.5 Å². The van der Waals surface area contributed by atoms with Gasteiger partial charge in [0.05, 0.1) is 0 Å². The molecule has 1 N–H and O–H groups in total. The van der Waals surface area contributed by atoms with Crippen molar-refractivity contribution in [3.05, 3.63) is 65.7 Å². The van der Waals surface area contributed by atoms with Crippen LogP contribution in [0.4, 0.5) is 0 Å². The van der Waals surface area contributed by atoms with Crippen LogP contribution in [0.3, 0.4) is 0 Å². The standard InChI is InChI=1S/C21H23NO5/c1-21(2,3)22-18(23)13-27-19(24)14-26-17-11-9-16(10-12-17)20(25)15-7-5-4-6-8-15/h4-12H,13-14H2,1-3H3,(H,22,23). The van der Waals surface area contributed by atoms with Crippen LogP contribution in [-0.4, -0.2) is 36.4 Å². The van der Waals surface area contributed by atoms with E-state index in [9.17, 15) is 14.4 Å². The molecular formula is C21H23NO5. The van der Waals surface area contributed by atoms with Crippen LogP contribution in [0.1, 0.15) is 36.7 Å². The van der Waals surface area contributed by atoms with E-state index in [1.807, 2.05) is 26.8 Å². The molecule has 0 fully saturated rings. The summed E-state index contributed by atoms with van der Waals surface area (Å²) < 4.78 is 10.2. The topological polar surface area (TPSA) is 81.7 Å². The maximum atomic E-state index is 12.3. The summed E-state index contributed by atoms with van der Waals surface area (Å²) in [6.07, 6.45) is 0. The molecule has 2 aromatic rings. The van der Waals surface area contributed by atoms with E-state index < -0.39 is 5.97 Å². The van der Waals surface area contributed by atoms with E-state index in [1.165, 1.54) is 0 Å². The predicted molar refractivity (Wildman–Crippen MR) is 101 cm³/mol. The van der Waals surface area contributed by atoms with Gasteiger partial charge in [0.2, 0.25) is 0 Å². The number of hydrogen-bond donors (Lipinski definition) is 1. The van der Waals surface area contributed by atoms with Gasteiger partial charge in [0.15, 0.2) is 19.0 Å². The third-order valence-corrected chi connectivity index (χ3v) is 3.39. The minimum Gasteiger partial charge on any atom is -0.482 e. The number of rotatable bonds is 7. The Bertz CT molecular complexity index is 792. The van der Waals surface area contributed by atoms with Crippen molar-refractivity contribution in [3.63, 3.8) is 0 Å². The number of ketones is 1. The second kappa shape index (κ2) is 8.98. The Hall–Kier alpha value is -3.15. The quantitative estimate of drug-likeness (QED) is 0.599. The number of amides is 1. The van der Waals surface area contributed by atoms with Crippen LogP contribution in [0.25, 0.3) is 0 Å². The summed E-state index contributed by atoms with van der Waals surface area (Å²) in [6.45, 7) is 4.82. The number of carbonyl (C=O) groups excluding carboxylic acids is 3. The molecule has 6 heteroatoms. The van der Waals surface area contributed by atoms with Crippen LogP contribution in [0, 0.1) is 0 Å². The van der Waals surface area contributed by atoms with Crippen molar-refractivity contribution in [2.24, 2.45) is 0 Å². The van der Waals surface area contributed by atoms with Crippen LogP contribution in [-0.2, 0) is 14.3 Å². The van der Waals surface area contributed by atoms with Gasteiger partial charge >= 0.3 is 5.97 Å². The van der Waals surface area contributed by atoms with Crippen LogP contribution >= 0.6 is 0 Å². The van der Waals surface area contributed by atoms with Crippen LogP contribution in [0.15, 0.2) is 54.6 Å². The number of ether oxygens (including phenoxy) is 2. The first kappa shape index (κ1) is 20.2. The lowest BCUT2D eigenvalue weighted by molar-refractivity contribution is -0.150. The third kappa shape index (κ3) is 6.93. The van der Waals surface area contributed by atoms with Gasteiger partial charge in [-0.15, -0.1) is 0 Å². The molecule has 6 nitrogen and oxygen atoms in total. The fraction of sp³-hybridized carbons (Fsp3) is 0.286. The summed E-state index contributed by atoms with van der Waals surface area (Å²) in [5.74, 6) is -0.690. The fourth-order valence-electron chi connectivity index (χ4n) is 2.24. The fourth-order valence-corrected chi connectivity index (χ4v) is 2.24. The largest absolute Gasteiger partial charge is 0.482 e. The van der Waals surface area contributed by atoms with Gasteiger partial charge in [-0.2, -0.15) is 0 Å². The molecule has 0 saturated heterocycles. The Labute approximate surface area is 158 Å². The maximum absolute atomic E-state index is 12.3. The van der Waals surface area contributed by atoms with Crippen molar-refractivity contribution in [2.45, 2.75) is 26.3 Å². The second-order valence-electron chi connectivity index (χ2n) is 6.97. The Morgan fingerprint density at radius 2 is 1.44 bits per heavy atom. The first-order valence-electron chi connectivity index (χ1n) is 8.54. The average molecular weight is 369 g/mol. The molecule has 0 radical (unpaired) electrons. The zero-order chi connectivity index (χ0) is 19.9. The minimum absolute atomic E-state index is 0.0913. The molecule has 0 atom stereocenters. The molecule has 0 aliphatic rings. The third-order valence-electron chi connectivity index (χ3n) is 3.39. The molecule has 0 unspecified atom stereocenters. The number of benzene rings is 2. The molecule has 0 saturated carbocycles. The number of carbonyl (C=O) groups is 3. The second-order valence-corrected chi connectivity index (χ2v) is 6.97. The summed E-state index contributed by atoms with van der Waals surface area (Å²) in [5.41, 5.74) is 0.733. The highest BCUT2D eigenvalue weighted by Crippen LogP contribution is 2.15. The first-order valence-corrected chi connectivity index (χ1v) is 8.54. The molecular weight excluding hydrogens is 346 g/mol. The first-order chi connectivity index (χ1) is 12.7. The highest BCUT2D eigenvalue weighted by atomic mass is 16.6. The van der Waals surface area contributed by atoms with Crippen molar-refractivity contribution in [2.75, 3.05) is 13.2 Å². The van der Waals surface area contributed by atoms with Crippen LogP contribution < -0.4 is 10.1 Å². The van der Waals surface area contributed by atoms with E-state index in [-0.39, 0.29) is 30.4 Å². The molecule has 27 heavy (non-hydrogen) atoms. The predicted octanol–water partition coefficient (Wildman–Crippen LogP) is 2.75. The minimum atomic E-state index is -0.650. The Balaban J connectivity index is 1.80. The molecule has 142 valence electrons. The lowest BCUT2D eigenvalue weighted by Gasteiger charge is -2.20. The summed E-state index contributed by atoms with van der Waals surface area (Å²) in [4.78, 5) is 35.6. The lowest BCUT2D eigenvalue weighted by Crippen LogP contribution is -2.43. The van der Waals surface area contributed by atoms with E-state index in [2.05, 4.69) is 5.32 Å².